The SMILES string of the molecule is C[C@H](OCc1ccccc1)C1OC1(C[C@@H](O)c1ccccc1)[Si](C)(C)C. The third kappa shape index (κ3) is 4.09. The molecule has 0 amide bonds. The van der Waals surface area contributed by atoms with Gasteiger partial charge in [0, 0.05) is 6.42 Å². The number of aliphatic hydroxyl groups excluding tert-OH is 1. The number of ether oxygens (including phenoxy) is 2. The zero-order chi connectivity index (χ0) is 18.8. The molecule has 1 N–H and O–H groups in total. The minimum absolute atomic E-state index is 0.00454. The lowest BCUT2D eigenvalue weighted by Crippen LogP contribution is -2.46. The highest BCUT2D eigenvalue weighted by Crippen LogP contribution is 2.52. The van der Waals surface area contributed by atoms with Crippen molar-refractivity contribution in [3.63, 3.8) is 0 Å². The summed E-state index contributed by atoms with van der Waals surface area (Å²) in [5.41, 5.74) is 2.13. The molecule has 1 heterocycles. The second kappa shape index (κ2) is 7.65. The molecule has 0 saturated carbocycles. The number of epoxide rings is 1. The van der Waals surface area contributed by atoms with E-state index in [1.54, 1.807) is 0 Å². The van der Waals surface area contributed by atoms with Crippen molar-refractivity contribution in [2.75, 3.05) is 0 Å². The van der Waals surface area contributed by atoms with Gasteiger partial charge in [-0.25, -0.2) is 0 Å². The van der Waals surface area contributed by atoms with Crippen molar-refractivity contribution in [2.45, 2.75) is 63.1 Å². The van der Waals surface area contributed by atoms with Gasteiger partial charge in [0.05, 0.1) is 32.1 Å². The first kappa shape index (κ1) is 19.3. The highest BCUT2D eigenvalue weighted by atomic mass is 28.3. The van der Waals surface area contributed by atoms with Crippen molar-refractivity contribution in [3.8, 4) is 0 Å². The summed E-state index contributed by atoms with van der Waals surface area (Å²) in [5, 5.41) is 10.5. The van der Waals surface area contributed by atoms with Gasteiger partial charge in [-0.15, -0.1) is 0 Å². The highest BCUT2D eigenvalue weighted by molar-refractivity contribution is 6.79. The Morgan fingerprint density at radius 3 is 2.19 bits per heavy atom. The van der Waals surface area contributed by atoms with Gasteiger partial charge in [-0.3, -0.25) is 0 Å². The van der Waals surface area contributed by atoms with Crippen molar-refractivity contribution in [2.24, 2.45) is 0 Å². The Hall–Kier alpha value is -1.46. The van der Waals surface area contributed by atoms with Gasteiger partial charge in [-0.2, -0.15) is 0 Å². The van der Waals surface area contributed by atoms with E-state index in [2.05, 4.69) is 38.7 Å². The maximum atomic E-state index is 10.8. The average molecular weight is 371 g/mol. The van der Waals surface area contributed by atoms with Crippen molar-refractivity contribution >= 4 is 8.07 Å². The smallest absolute Gasteiger partial charge is 0.110 e. The fourth-order valence-electron chi connectivity index (χ4n) is 3.71. The number of hydrogen-bond acceptors (Lipinski definition) is 3. The Morgan fingerprint density at radius 2 is 1.62 bits per heavy atom. The lowest BCUT2D eigenvalue weighted by atomic mass is 10.0. The maximum absolute atomic E-state index is 10.8. The average Bonchev–Trinajstić information content (AvgIpc) is 3.37. The molecular weight excluding hydrogens is 340 g/mol. The van der Waals surface area contributed by atoms with E-state index in [4.69, 9.17) is 9.47 Å². The topological polar surface area (TPSA) is 42.0 Å². The Balaban J connectivity index is 1.66. The minimum atomic E-state index is -1.67. The van der Waals surface area contributed by atoms with Gasteiger partial charge >= 0.3 is 0 Å². The molecule has 2 aromatic rings. The summed E-state index contributed by atoms with van der Waals surface area (Å²) in [6.07, 6.45) is 0.187. The van der Waals surface area contributed by atoms with Crippen LogP contribution in [0.2, 0.25) is 19.6 Å². The van der Waals surface area contributed by atoms with Crippen LogP contribution in [0.1, 0.15) is 30.6 Å². The molecule has 2 unspecified atom stereocenters. The summed E-state index contributed by atoms with van der Waals surface area (Å²) in [4.78, 5) is 0. The molecule has 1 saturated heterocycles. The second-order valence-corrected chi connectivity index (χ2v) is 13.7. The molecule has 0 radical (unpaired) electrons. The zero-order valence-corrected chi connectivity index (χ0v) is 17.2. The molecule has 0 spiro atoms. The molecule has 3 rings (SSSR count). The predicted molar refractivity (Wildman–Crippen MR) is 108 cm³/mol. The van der Waals surface area contributed by atoms with Gasteiger partial charge in [0.2, 0.25) is 0 Å². The van der Waals surface area contributed by atoms with E-state index in [0.717, 1.165) is 5.56 Å². The predicted octanol–water partition coefficient (Wildman–Crippen LogP) is 4.73. The molecule has 0 bridgehead atoms. The molecule has 26 heavy (non-hydrogen) atoms. The fraction of sp³-hybridized carbons (Fsp3) is 0.455. The summed E-state index contributed by atoms with van der Waals surface area (Å²) in [5.74, 6) is 0. The van der Waals surface area contributed by atoms with E-state index >= 15 is 0 Å². The maximum Gasteiger partial charge on any atom is 0.110 e. The molecule has 140 valence electrons. The molecular formula is C22H30O3Si. The van der Waals surface area contributed by atoms with Crippen LogP contribution in [0.15, 0.2) is 60.7 Å². The van der Waals surface area contributed by atoms with Crippen LogP contribution in [0.3, 0.4) is 0 Å². The van der Waals surface area contributed by atoms with Crippen LogP contribution in [-0.2, 0) is 16.1 Å². The van der Waals surface area contributed by atoms with Crippen LogP contribution < -0.4 is 0 Å². The van der Waals surface area contributed by atoms with Crippen LogP contribution >= 0.6 is 0 Å². The van der Waals surface area contributed by atoms with E-state index < -0.39 is 14.2 Å². The number of hydrogen-bond donors (Lipinski definition) is 1. The van der Waals surface area contributed by atoms with Crippen molar-refractivity contribution in [1.82, 2.24) is 0 Å². The van der Waals surface area contributed by atoms with Gasteiger partial charge < -0.3 is 14.6 Å². The van der Waals surface area contributed by atoms with E-state index in [9.17, 15) is 5.11 Å². The first-order valence-corrected chi connectivity index (χ1v) is 12.9. The van der Waals surface area contributed by atoms with E-state index in [1.165, 1.54) is 5.56 Å². The molecule has 4 atom stereocenters. The fourth-order valence-corrected chi connectivity index (χ4v) is 6.09. The minimum Gasteiger partial charge on any atom is -0.388 e. The number of benzene rings is 2. The molecule has 1 fully saturated rings. The zero-order valence-electron chi connectivity index (χ0n) is 16.2. The van der Waals surface area contributed by atoms with Crippen LogP contribution in [-0.4, -0.2) is 30.6 Å². The Morgan fingerprint density at radius 1 is 1.04 bits per heavy atom. The first-order chi connectivity index (χ1) is 12.3. The van der Waals surface area contributed by atoms with Gasteiger partial charge in [0.15, 0.2) is 0 Å². The number of aliphatic hydroxyl groups is 1. The monoisotopic (exact) mass is 370 g/mol. The van der Waals surface area contributed by atoms with Gasteiger partial charge in [-0.1, -0.05) is 80.3 Å². The quantitative estimate of drug-likeness (QED) is 0.539. The molecule has 0 aromatic heterocycles. The molecule has 2 aromatic carbocycles. The van der Waals surface area contributed by atoms with Crippen LogP contribution in [0.5, 0.6) is 0 Å². The second-order valence-electron chi connectivity index (χ2n) is 8.31. The third-order valence-electron chi connectivity index (χ3n) is 5.47. The first-order valence-electron chi connectivity index (χ1n) is 9.40. The lowest BCUT2D eigenvalue weighted by molar-refractivity contribution is 0.0339. The lowest BCUT2D eigenvalue weighted by Gasteiger charge is -2.29. The van der Waals surface area contributed by atoms with Gasteiger partial charge in [-0.05, 0) is 18.1 Å². The summed E-state index contributed by atoms with van der Waals surface area (Å²) < 4.78 is 12.4. The van der Waals surface area contributed by atoms with Crippen LogP contribution in [0, 0.1) is 0 Å². The Labute approximate surface area is 158 Å². The summed E-state index contributed by atoms with van der Waals surface area (Å²) in [6, 6.07) is 20.1. The van der Waals surface area contributed by atoms with Crippen molar-refractivity contribution < 1.29 is 14.6 Å². The van der Waals surface area contributed by atoms with Crippen molar-refractivity contribution in [3.05, 3.63) is 71.8 Å². The standard InChI is InChI=1S/C22H30O3Si/c1-17(24-16-18-11-7-5-8-12-18)21-22(25-21,26(2,3)4)15-20(23)19-13-9-6-10-14-19/h5-14,17,20-21,23H,15-16H2,1-4H3/t17-,20+,21?,22?/m0/s1. The van der Waals surface area contributed by atoms with Crippen LogP contribution in [0.4, 0.5) is 0 Å². The molecule has 3 nitrogen and oxygen atoms in total. The molecule has 1 aliphatic rings. The largest absolute Gasteiger partial charge is 0.388 e. The summed E-state index contributed by atoms with van der Waals surface area (Å²) >= 11 is 0. The van der Waals surface area contributed by atoms with E-state index in [-0.39, 0.29) is 17.4 Å². The molecule has 1 aliphatic heterocycles. The molecule has 0 aliphatic carbocycles. The van der Waals surface area contributed by atoms with Gasteiger partial charge in [0.1, 0.15) is 6.10 Å². The third-order valence-corrected chi connectivity index (χ3v) is 8.62. The van der Waals surface area contributed by atoms with Crippen molar-refractivity contribution in [1.29, 1.82) is 0 Å². The van der Waals surface area contributed by atoms with Crippen LogP contribution in [0.25, 0.3) is 0 Å². The molecule has 4 heteroatoms. The Kier molecular flexibility index (Phi) is 5.68. The summed E-state index contributed by atoms with van der Waals surface area (Å²) in [6.45, 7) is 9.62. The highest BCUT2D eigenvalue weighted by Gasteiger charge is 2.66. The van der Waals surface area contributed by atoms with E-state index in [1.807, 2.05) is 48.5 Å². The van der Waals surface area contributed by atoms with E-state index in [0.29, 0.717) is 13.0 Å². The normalized spacial score (nSPS) is 24.9. The Bertz CT molecular complexity index is 698. The van der Waals surface area contributed by atoms with Gasteiger partial charge in [0.25, 0.3) is 0 Å². The summed E-state index contributed by atoms with van der Waals surface area (Å²) in [7, 11) is -1.67. The number of rotatable bonds is 8.